The molecule has 0 saturated carbocycles. The van der Waals surface area contributed by atoms with E-state index in [-0.39, 0.29) is 6.04 Å². The van der Waals surface area contributed by atoms with Gasteiger partial charge in [0, 0.05) is 16.0 Å². The van der Waals surface area contributed by atoms with Gasteiger partial charge in [-0.05, 0) is 36.5 Å². The molecule has 1 unspecified atom stereocenters. The lowest BCUT2D eigenvalue weighted by atomic mass is 10.0. The molecule has 20 heavy (non-hydrogen) atoms. The fourth-order valence-corrected chi connectivity index (χ4v) is 3.36. The predicted molar refractivity (Wildman–Crippen MR) is 87.5 cm³/mol. The van der Waals surface area contributed by atoms with Crippen LogP contribution in [-0.2, 0) is 0 Å². The van der Waals surface area contributed by atoms with Crippen molar-refractivity contribution in [3.63, 3.8) is 0 Å². The SMILES string of the molecule is CCNC(c1cccs1)c1cc(Cl)c(OCC)cc1Cl. The zero-order chi connectivity index (χ0) is 14.5. The maximum absolute atomic E-state index is 6.41. The van der Waals surface area contributed by atoms with Crippen LogP contribution in [0.3, 0.4) is 0 Å². The van der Waals surface area contributed by atoms with E-state index in [1.807, 2.05) is 19.1 Å². The van der Waals surface area contributed by atoms with Crippen LogP contribution in [0.4, 0.5) is 0 Å². The van der Waals surface area contributed by atoms with Crippen LogP contribution in [-0.4, -0.2) is 13.2 Å². The summed E-state index contributed by atoms with van der Waals surface area (Å²) in [6, 6.07) is 7.87. The van der Waals surface area contributed by atoms with Crippen LogP contribution in [0.2, 0.25) is 10.0 Å². The molecule has 5 heteroatoms. The number of thiophene rings is 1. The molecule has 0 saturated heterocycles. The Morgan fingerprint density at radius 3 is 2.65 bits per heavy atom. The predicted octanol–water partition coefficient (Wildman–Crippen LogP) is 5.15. The number of rotatable bonds is 6. The minimum absolute atomic E-state index is 0.0562. The van der Waals surface area contributed by atoms with Crippen LogP contribution in [0.5, 0.6) is 5.75 Å². The maximum Gasteiger partial charge on any atom is 0.139 e. The lowest BCUT2D eigenvalue weighted by Crippen LogP contribution is -2.21. The van der Waals surface area contributed by atoms with Gasteiger partial charge in [-0.15, -0.1) is 11.3 Å². The number of ether oxygens (including phenoxy) is 1. The highest BCUT2D eigenvalue weighted by Crippen LogP contribution is 2.37. The van der Waals surface area contributed by atoms with Crippen molar-refractivity contribution in [2.45, 2.75) is 19.9 Å². The number of hydrogen-bond acceptors (Lipinski definition) is 3. The Balaban J connectivity index is 2.41. The first-order valence-electron chi connectivity index (χ1n) is 6.55. The van der Waals surface area contributed by atoms with Crippen LogP contribution >= 0.6 is 34.5 Å². The zero-order valence-electron chi connectivity index (χ0n) is 11.5. The molecule has 0 spiro atoms. The molecule has 1 N–H and O–H groups in total. The number of hydrogen-bond donors (Lipinski definition) is 1. The van der Waals surface area contributed by atoms with Crippen molar-refractivity contribution in [1.82, 2.24) is 5.32 Å². The van der Waals surface area contributed by atoms with Crippen molar-refractivity contribution in [3.8, 4) is 5.75 Å². The smallest absolute Gasteiger partial charge is 0.139 e. The largest absolute Gasteiger partial charge is 0.492 e. The highest BCUT2D eigenvalue weighted by molar-refractivity contribution is 7.10. The van der Waals surface area contributed by atoms with Gasteiger partial charge < -0.3 is 10.1 Å². The van der Waals surface area contributed by atoms with E-state index >= 15 is 0 Å². The van der Waals surface area contributed by atoms with Gasteiger partial charge in [0.1, 0.15) is 5.75 Å². The first-order chi connectivity index (χ1) is 9.67. The first kappa shape index (κ1) is 15.6. The summed E-state index contributed by atoms with van der Waals surface area (Å²) in [5, 5.41) is 6.76. The molecule has 0 fully saturated rings. The molecule has 0 bridgehead atoms. The van der Waals surface area contributed by atoms with Crippen LogP contribution in [0.25, 0.3) is 0 Å². The average molecular weight is 330 g/mol. The second-order valence-corrected chi connectivity index (χ2v) is 6.04. The summed E-state index contributed by atoms with van der Waals surface area (Å²) in [6.07, 6.45) is 0. The van der Waals surface area contributed by atoms with Crippen molar-refractivity contribution >= 4 is 34.5 Å². The van der Waals surface area contributed by atoms with Gasteiger partial charge >= 0.3 is 0 Å². The topological polar surface area (TPSA) is 21.3 Å². The summed E-state index contributed by atoms with van der Waals surface area (Å²) in [4.78, 5) is 1.22. The monoisotopic (exact) mass is 329 g/mol. The van der Waals surface area contributed by atoms with Crippen molar-refractivity contribution in [1.29, 1.82) is 0 Å². The molecule has 2 aromatic rings. The standard InChI is InChI=1S/C15H17Cl2NOS/c1-3-18-15(14-6-5-7-20-14)10-8-12(17)13(19-4-2)9-11(10)16/h5-9,15,18H,3-4H2,1-2H3. The molecule has 1 aromatic heterocycles. The van der Waals surface area contributed by atoms with Crippen LogP contribution in [0, 0.1) is 0 Å². The van der Waals surface area contributed by atoms with Crippen LogP contribution < -0.4 is 10.1 Å². The van der Waals surface area contributed by atoms with Gasteiger partial charge in [-0.1, -0.05) is 36.2 Å². The van der Waals surface area contributed by atoms with Gasteiger partial charge in [-0.25, -0.2) is 0 Å². The third-order valence-electron chi connectivity index (χ3n) is 2.90. The van der Waals surface area contributed by atoms with E-state index in [4.69, 9.17) is 27.9 Å². The van der Waals surface area contributed by atoms with E-state index in [9.17, 15) is 0 Å². The fraction of sp³-hybridized carbons (Fsp3) is 0.333. The van der Waals surface area contributed by atoms with Crippen molar-refractivity contribution < 1.29 is 4.74 Å². The Morgan fingerprint density at radius 2 is 2.05 bits per heavy atom. The van der Waals surface area contributed by atoms with E-state index in [0.29, 0.717) is 22.4 Å². The Kier molecular flexibility index (Phi) is 5.73. The third-order valence-corrected chi connectivity index (χ3v) is 4.46. The second kappa shape index (κ2) is 7.32. The number of nitrogens with one attached hydrogen (secondary N) is 1. The Morgan fingerprint density at radius 1 is 1.25 bits per heavy atom. The minimum Gasteiger partial charge on any atom is -0.492 e. The van der Waals surface area contributed by atoms with Gasteiger partial charge in [0.05, 0.1) is 17.7 Å². The first-order valence-corrected chi connectivity index (χ1v) is 8.19. The molecule has 0 aliphatic rings. The fourth-order valence-electron chi connectivity index (χ4n) is 2.05. The Bertz CT molecular complexity index is 557. The summed E-state index contributed by atoms with van der Waals surface area (Å²) in [5.74, 6) is 0.629. The molecule has 0 radical (unpaired) electrons. The molecule has 1 heterocycles. The van der Waals surface area contributed by atoms with E-state index in [1.165, 1.54) is 4.88 Å². The molecule has 1 atom stereocenters. The van der Waals surface area contributed by atoms with Gasteiger partial charge in [-0.2, -0.15) is 0 Å². The molecule has 108 valence electrons. The summed E-state index contributed by atoms with van der Waals surface area (Å²) in [6.45, 7) is 5.41. The van der Waals surface area contributed by atoms with E-state index in [2.05, 4.69) is 23.7 Å². The quantitative estimate of drug-likeness (QED) is 0.790. The minimum atomic E-state index is 0.0562. The third kappa shape index (κ3) is 3.47. The van der Waals surface area contributed by atoms with Crippen LogP contribution in [0.1, 0.15) is 30.3 Å². The van der Waals surface area contributed by atoms with E-state index in [1.54, 1.807) is 17.4 Å². The molecule has 0 aliphatic carbocycles. The number of halogens is 2. The van der Waals surface area contributed by atoms with Crippen molar-refractivity contribution in [2.75, 3.05) is 13.2 Å². The van der Waals surface area contributed by atoms with Gasteiger partial charge in [0.2, 0.25) is 0 Å². The molecular weight excluding hydrogens is 313 g/mol. The Hall–Kier alpha value is -0.740. The summed E-state index contributed by atoms with van der Waals surface area (Å²) < 4.78 is 5.47. The normalized spacial score (nSPS) is 12.4. The zero-order valence-corrected chi connectivity index (χ0v) is 13.8. The molecule has 0 amide bonds. The van der Waals surface area contributed by atoms with Crippen LogP contribution in [0.15, 0.2) is 29.6 Å². The molecule has 2 nitrogen and oxygen atoms in total. The number of benzene rings is 1. The summed E-state index contributed by atoms with van der Waals surface area (Å²) in [7, 11) is 0. The van der Waals surface area contributed by atoms with Gasteiger partial charge in [0.15, 0.2) is 0 Å². The molecule has 0 aliphatic heterocycles. The lowest BCUT2D eigenvalue weighted by molar-refractivity contribution is 0.340. The van der Waals surface area contributed by atoms with E-state index in [0.717, 1.165) is 12.1 Å². The highest BCUT2D eigenvalue weighted by atomic mass is 35.5. The van der Waals surface area contributed by atoms with Crippen molar-refractivity contribution in [2.24, 2.45) is 0 Å². The summed E-state index contributed by atoms with van der Waals surface area (Å²) in [5.41, 5.74) is 0.976. The van der Waals surface area contributed by atoms with Crippen molar-refractivity contribution in [3.05, 3.63) is 50.1 Å². The maximum atomic E-state index is 6.41. The lowest BCUT2D eigenvalue weighted by Gasteiger charge is -2.19. The average Bonchev–Trinajstić information content (AvgIpc) is 2.94. The Labute approximate surface area is 133 Å². The highest BCUT2D eigenvalue weighted by Gasteiger charge is 2.19. The summed E-state index contributed by atoms with van der Waals surface area (Å²) >= 11 is 14.4. The molecule has 2 rings (SSSR count). The molecule has 1 aromatic carbocycles. The van der Waals surface area contributed by atoms with E-state index < -0.39 is 0 Å². The van der Waals surface area contributed by atoms with Gasteiger partial charge in [0.25, 0.3) is 0 Å². The second-order valence-electron chi connectivity index (χ2n) is 4.24. The van der Waals surface area contributed by atoms with Gasteiger partial charge in [-0.3, -0.25) is 0 Å². The molecular formula is C15H17Cl2NOS.